The maximum atomic E-state index is 10.1. The number of hydrogen-bond donors (Lipinski definition) is 1. The van der Waals surface area contributed by atoms with Crippen molar-refractivity contribution in [3.05, 3.63) is 29.6 Å². The van der Waals surface area contributed by atoms with Gasteiger partial charge in [-0.25, -0.2) is 0 Å². The summed E-state index contributed by atoms with van der Waals surface area (Å²) in [5, 5.41) is 2.67. The zero-order valence-electron chi connectivity index (χ0n) is 11.4. The van der Waals surface area contributed by atoms with Gasteiger partial charge in [-0.3, -0.25) is 9.78 Å². The van der Waals surface area contributed by atoms with Crippen molar-refractivity contribution in [3.63, 3.8) is 0 Å². The molecule has 1 N–H and O–H groups in total. The highest BCUT2D eigenvalue weighted by molar-refractivity contribution is 5.46. The second-order valence-corrected chi connectivity index (χ2v) is 3.32. The van der Waals surface area contributed by atoms with Crippen LogP contribution in [0.25, 0.3) is 0 Å². The van der Waals surface area contributed by atoms with Crippen LogP contribution >= 0.6 is 0 Å². The zero-order valence-corrected chi connectivity index (χ0v) is 11.4. The second-order valence-electron chi connectivity index (χ2n) is 3.32. The molecule has 0 saturated heterocycles. The van der Waals surface area contributed by atoms with Crippen LogP contribution in [0.2, 0.25) is 0 Å². The molecule has 96 valence electrons. The Morgan fingerprint density at radius 3 is 2.53 bits per heavy atom. The number of rotatable bonds is 4. The molecule has 0 aromatic carbocycles. The molecule has 1 aliphatic rings. The van der Waals surface area contributed by atoms with Crippen molar-refractivity contribution in [2.75, 3.05) is 0 Å². The highest BCUT2D eigenvalue weighted by Crippen LogP contribution is 2.40. The maximum absolute atomic E-state index is 10.1. The number of hydrogen-bond acceptors (Lipinski definition) is 2. The van der Waals surface area contributed by atoms with Crippen molar-refractivity contribution in [2.24, 2.45) is 0 Å². The molecule has 0 unspecified atom stereocenters. The lowest BCUT2D eigenvalue weighted by molar-refractivity contribution is -0.109. The number of pyridine rings is 1. The number of nitrogens with zero attached hydrogens (tertiary/aromatic N) is 1. The predicted molar refractivity (Wildman–Crippen MR) is 71.8 cm³/mol. The van der Waals surface area contributed by atoms with Gasteiger partial charge in [-0.15, -0.1) is 0 Å². The molecule has 1 aromatic rings. The highest BCUT2D eigenvalue weighted by atomic mass is 16.1. The SMILES string of the molecule is CC.CC.O=CNCc1cccnc1C1CC1. The first-order valence-electron chi connectivity index (χ1n) is 6.52. The minimum absolute atomic E-state index is 0.600. The van der Waals surface area contributed by atoms with Gasteiger partial charge in [0.15, 0.2) is 0 Å². The maximum Gasteiger partial charge on any atom is 0.207 e. The monoisotopic (exact) mass is 236 g/mol. The fourth-order valence-electron chi connectivity index (χ4n) is 1.48. The van der Waals surface area contributed by atoms with Crippen molar-refractivity contribution in [1.29, 1.82) is 0 Å². The van der Waals surface area contributed by atoms with Gasteiger partial charge in [0.25, 0.3) is 0 Å². The van der Waals surface area contributed by atoms with Crippen LogP contribution in [0.1, 0.15) is 57.7 Å². The van der Waals surface area contributed by atoms with Crippen molar-refractivity contribution >= 4 is 6.41 Å². The quantitative estimate of drug-likeness (QED) is 0.815. The molecule has 1 saturated carbocycles. The Labute approximate surface area is 105 Å². The average molecular weight is 236 g/mol. The number of aromatic nitrogens is 1. The van der Waals surface area contributed by atoms with Crippen LogP contribution in [0.4, 0.5) is 0 Å². The summed E-state index contributed by atoms with van der Waals surface area (Å²) >= 11 is 0. The lowest BCUT2D eigenvalue weighted by Crippen LogP contribution is -2.11. The molecule has 0 radical (unpaired) electrons. The average Bonchev–Trinajstić information content (AvgIpc) is 3.26. The second kappa shape index (κ2) is 9.82. The summed E-state index contributed by atoms with van der Waals surface area (Å²) < 4.78 is 0. The van der Waals surface area contributed by atoms with Crippen LogP contribution < -0.4 is 5.32 Å². The number of amides is 1. The van der Waals surface area contributed by atoms with Gasteiger partial charge in [0.05, 0.1) is 0 Å². The standard InChI is InChI=1S/C10H12N2O.2C2H6/c13-7-11-6-9-2-1-5-12-10(9)8-3-4-8;2*1-2/h1-2,5,7-8H,3-4,6H2,(H,11,13);2*1-2H3. The molecule has 2 rings (SSSR count). The minimum atomic E-state index is 0.600. The molecule has 1 aliphatic carbocycles. The van der Waals surface area contributed by atoms with Gasteiger partial charge in [-0.1, -0.05) is 33.8 Å². The summed E-state index contributed by atoms with van der Waals surface area (Å²) in [6, 6.07) is 3.94. The molecule has 0 spiro atoms. The first kappa shape index (κ1) is 15.6. The van der Waals surface area contributed by atoms with Crippen molar-refractivity contribution < 1.29 is 4.79 Å². The van der Waals surface area contributed by atoms with E-state index in [1.54, 1.807) is 0 Å². The van der Waals surface area contributed by atoms with Crippen LogP contribution in [-0.2, 0) is 11.3 Å². The molecule has 17 heavy (non-hydrogen) atoms. The molecular formula is C14H24N2O. The Kier molecular flexibility index (Phi) is 9.02. The summed E-state index contributed by atoms with van der Waals surface area (Å²) in [7, 11) is 0. The molecule has 1 heterocycles. The zero-order chi connectivity index (χ0) is 13.1. The van der Waals surface area contributed by atoms with E-state index in [0.717, 1.165) is 17.7 Å². The summed E-state index contributed by atoms with van der Waals surface area (Å²) in [5.41, 5.74) is 2.31. The molecule has 0 atom stereocenters. The fraction of sp³-hybridized carbons (Fsp3) is 0.571. The third kappa shape index (κ3) is 5.48. The molecular weight excluding hydrogens is 212 g/mol. The van der Waals surface area contributed by atoms with Gasteiger partial charge in [-0.05, 0) is 24.5 Å². The first-order chi connectivity index (χ1) is 8.42. The number of carbonyl (C=O) groups excluding carboxylic acids is 1. The Balaban J connectivity index is 0.000000581. The van der Waals surface area contributed by atoms with Crippen molar-refractivity contribution in [1.82, 2.24) is 10.3 Å². The van der Waals surface area contributed by atoms with Crippen LogP contribution in [-0.4, -0.2) is 11.4 Å². The predicted octanol–water partition coefficient (Wildman–Crippen LogP) is 3.26. The topological polar surface area (TPSA) is 42.0 Å². The van der Waals surface area contributed by atoms with Gasteiger partial charge in [-0.2, -0.15) is 0 Å². The Bertz CT molecular complexity index is 309. The smallest absolute Gasteiger partial charge is 0.207 e. The number of nitrogens with one attached hydrogen (secondary N) is 1. The molecule has 0 aliphatic heterocycles. The van der Waals surface area contributed by atoms with E-state index in [1.165, 1.54) is 12.8 Å². The van der Waals surface area contributed by atoms with E-state index in [4.69, 9.17) is 0 Å². The van der Waals surface area contributed by atoms with Gasteiger partial charge in [0.2, 0.25) is 6.41 Å². The minimum Gasteiger partial charge on any atom is -0.355 e. The molecule has 3 heteroatoms. The highest BCUT2D eigenvalue weighted by Gasteiger charge is 2.26. The third-order valence-electron chi connectivity index (χ3n) is 2.27. The number of carbonyl (C=O) groups is 1. The van der Waals surface area contributed by atoms with Crippen LogP contribution in [0.5, 0.6) is 0 Å². The molecule has 0 bridgehead atoms. The van der Waals surface area contributed by atoms with E-state index in [9.17, 15) is 4.79 Å². The fourth-order valence-corrected chi connectivity index (χ4v) is 1.48. The lowest BCUT2D eigenvalue weighted by Gasteiger charge is -2.05. The summed E-state index contributed by atoms with van der Waals surface area (Å²) in [4.78, 5) is 14.5. The summed E-state index contributed by atoms with van der Waals surface area (Å²) in [6.07, 6.45) is 5.03. The molecule has 1 amide bonds. The van der Waals surface area contributed by atoms with Gasteiger partial charge in [0, 0.05) is 24.4 Å². The van der Waals surface area contributed by atoms with Gasteiger partial charge >= 0.3 is 0 Å². The van der Waals surface area contributed by atoms with Crippen molar-refractivity contribution in [2.45, 2.75) is 53.0 Å². The van der Waals surface area contributed by atoms with Gasteiger partial charge < -0.3 is 5.32 Å². The van der Waals surface area contributed by atoms with E-state index in [1.807, 2.05) is 46.0 Å². The Morgan fingerprint density at radius 2 is 2.00 bits per heavy atom. The van der Waals surface area contributed by atoms with E-state index >= 15 is 0 Å². The Hall–Kier alpha value is -1.38. The van der Waals surface area contributed by atoms with Crippen LogP contribution in [0, 0.1) is 0 Å². The van der Waals surface area contributed by atoms with E-state index in [2.05, 4.69) is 10.3 Å². The van der Waals surface area contributed by atoms with Crippen LogP contribution in [0.15, 0.2) is 18.3 Å². The van der Waals surface area contributed by atoms with Crippen molar-refractivity contribution in [3.8, 4) is 0 Å². The van der Waals surface area contributed by atoms with Crippen LogP contribution in [0.3, 0.4) is 0 Å². The van der Waals surface area contributed by atoms with Gasteiger partial charge in [0.1, 0.15) is 0 Å². The lowest BCUT2D eigenvalue weighted by atomic mass is 10.1. The third-order valence-corrected chi connectivity index (χ3v) is 2.27. The molecule has 1 aromatic heterocycles. The molecule has 1 fully saturated rings. The van der Waals surface area contributed by atoms with E-state index in [0.29, 0.717) is 12.5 Å². The molecule has 3 nitrogen and oxygen atoms in total. The Morgan fingerprint density at radius 1 is 1.35 bits per heavy atom. The summed E-state index contributed by atoms with van der Waals surface area (Å²) in [5.74, 6) is 0.643. The van der Waals surface area contributed by atoms with E-state index < -0.39 is 0 Å². The normalized spacial score (nSPS) is 12.5. The first-order valence-corrected chi connectivity index (χ1v) is 6.52. The van der Waals surface area contributed by atoms with E-state index in [-0.39, 0.29) is 0 Å². The largest absolute Gasteiger partial charge is 0.355 e. The summed E-state index contributed by atoms with van der Waals surface area (Å²) in [6.45, 7) is 8.60.